The minimum absolute atomic E-state index is 0.0430. The van der Waals surface area contributed by atoms with Crippen LogP contribution in [0.3, 0.4) is 0 Å². The summed E-state index contributed by atoms with van der Waals surface area (Å²) in [6.45, 7) is 0. The molecule has 0 saturated carbocycles. The van der Waals surface area contributed by atoms with E-state index >= 15 is 0 Å². The maximum Gasteiger partial charge on any atom is 0.270 e. The van der Waals surface area contributed by atoms with Gasteiger partial charge >= 0.3 is 0 Å². The van der Waals surface area contributed by atoms with Gasteiger partial charge in [-0.05, 0) is 29.3 Å². The summed E-state index contributed by atoms with van der Waals surface area (Å²) < 4.78 is 5.54. The molecule has 0 saturated heterocycles. The number of benzene rings is 3. The third-order valence-corrected chi connectivity index (χ3v) is 3.93. The van der Waals surface area contributed by atoms with Crippen LogP contribution in [0.2, 0.25) is 0 Å². The van der Waals surface area contributed by atoms with Gasteiger partial charge in [0.1, 0.15) is 5.52 Å². The number of nitro benzene ring substituents is 1. The van der Waals surface area contributed by atoms with Gasteiger partial charge in [-0.1, -0.05) is 47.6 Å². The highest BCUT2D eigenvalue weighted by Crippen LogP contribution is 2.38. The fourth-order valence-electron chi connectivity index (χ4n) is 2.78. The molecule has 116 valence electrons. The van der Waals surface area contributed by atoms with Crippen LogP contribution in [0.5, 0.6) is 0 Å². The van der Waals surface area contributed by atoms with Crippen LogP contribution in [0, 0.1) is 10.1 Å². The lowest BCUT2D eigenvalue weighted by Crippen LogP contribution is -1.91. The van der Waals surface area contributed by atoms with Crippen molar-refractivity contribution >= 4 is 16.6 Å². The molecule has 1 aromatic heterocycles. The van der Waals surface area contributed by atoms with E-state index in [1.165, 1.54) is 6.07 Å². The second-order valence-electron chi connectivity index (χ2n) is 5.38. The molecule has 24 heavy (non-hydrogen) atoms. The maximum absolute atomic E-state index is 11.2. The molecule has 0 N–H and O–H groups in total. The Balaban J connectivity index is 2.00. The van der Waals surface area contributed by atoms with Gasteiger partial charge < -0.3 is 4.52 Å². The summed E-state index contributed by atoms with van der Waals surface area (Å²) in [5.74, 6) is 0.611. The molecule has 0 atom stereocenters. The Morgan fingerprint density at radius 3 is 2.42 bits per heavy atom. The molecule has 5 heteroatoms. The summed E-state index contributed by atoms with van der Waals surface area (Å²) >= 11 is 0. The number of hydrogen-bond donors (Lipinski definition) is 0. The molecule has 0 radical (unpaired) electrons. The third kappa shape index (κ3) is 2.32. The molecule has 0 amide bonds. The Bertz CT molecular complexity index is 1040. The van der Waals surface area contributed by atoms with Gasteiger partial charge in [0.25, 0.3) is 5.69 Å². The van der Waals surface area contributed by atoms with Gasteiger partial charge in [-0.15, -0.1) is 0 Å². The van der Waals surface area contributed by atoms with Gasteiger partial charge in [0.15, 0.2) is 5.76 Å². The number of hydrogen-bond acceptors (Lipinski definition) is 4. The van der Waals surface area contributed by atoms with Gasteiger partial charge in [0, 0.05) is 23.1 Å². The van der Waals surface area contributed by atoms with Crippen LogP contribution in [0.25, 0.3) is 33.4 Å². The van der Waals surface area contributed by atoms with Gasteiger partial charge in [0.2, 0.25) is 0 Å². The second kappa shape index (κ2) is 5.62. The minimum atomic E-state index is -0.394. The molecule has 0 aliphatic rings. The van der Waals surface area contributed by atoms with E-state index in [0.29, 0.717) is 5.76 Å². The van der Waals surface area contributed by atoms with Crippen molar-refractivity contribution in [2.45, 2.75) is 0 Å². The summed E-state index contributed by atoms with van der Waals surface area (Å²) in [7, 11) is 0. The van der Waals surface area contributed by atoms with Crippen molar-refractivity contribution in [2.24, 2.45) is 0 Å². The van der Waals surface area contributed by atoms with Gasteiger partial charge in [-0.25, -0.2) is 0 Å². The molecule has 0 aliphatic carbocycles. The van der Waals surface area contributed by atoms with E-state index in [2.05, 4.69) is 5.16 Å². The second-order valence-corrected chi connectivity index (χ2v) is 5.38. The van der Waals surface area contributed by atoms with E-state index < -0.39 is 4.92 Å². The summed E-state index contributed by atoms with van der Waals surface area (Å²) in [5.41, 5.74) is 3.20. The van der Waals surface area contributed by atoms with Crippen LogP contribution < -0.4 is 0 Å². The Kier molecular flexibility index (Phi) is 3.31. The van der Waals surface area contributed by atoms with E-state index in [4.69, 9.17) is 4.52 Å². The number of non-ortho nitro benzene ring substituents is 1. The zero-order valence-electron chi connectivity index (χ0n) is 12.5. The van der Waals surface area contributed by atoms with Crippen molar-refractivity contribution in [3.05, 3.63) is 82.9 Å². The highest BCUT2D eigenvalue weighted by atomic mass is 16.6. The Morgan fingerprint density at radius 2 is 1.62 bits per heavy atom. The van der Waals surface area contributed by atoms with E-state index in [1.807, 2.05) is 54.6 Å². The molecule has 0 spiro atoms. The average molecular weight is 316 g/mol. The lowest BCUT2D eigenvalue weighted by molar-refractivity contribution is -0.384. The summed E-state index contributed by atoms with van der Waals surface area (Å²) in [5, 5.41) is 16.1. The van der Waals surface area contributed by atoms with Crippen molar-refractivity contribution < 1.29 is 9.45 Å². The smallest absolute Gasteiger partial charge is 0.270 e. The van der Waals surface area contributed by atoms with Crippen molar-refractivity contribution in [3.8, 4) is 22.5 Å². The number of rotatable bonds is 3. The van der Waals surface area contributed by atoms with E-state index in [1.54, 1.807) is 12.1 Å². The number of nitrogens with zero attached hydrogens (tertiary/aromatic N) is 2. The highest BCUT2D eigenvalue weighted by Gasteiger charge is 2.18. The molecule has 0 bridgehead atoms. The van der Waals surface area contributed by atoms with Crippen molar-refractivity contribution in [3.63, 3.8) is 0 Å². The van der Waals surface area contributed by atoms with Gasteiger partial charge in [-0.3, -0.25) is 10.1 Å². The normalized spacial score (nSPS) is 10.8. The van der Waals surface area contributed by atoms with Gasteiger partial charge in [-0.2, -0.15) is 0 Å². The summed E-state index contributed by atoms with van der Waals surface area (Å²) in [6.07, 6.45) is 0. The minimum Gasteiger partial charge on any atom is -0.355 e. The molecule has 4 aromatic rings. The first-order valence-corrected chi connectivity index (χ1v) is 7.43. The fraction of sp³-hybridized carbons (Fsp3) is 0. The fourth-order valence-corrected chi connectivity index (χ4v) is 2.78. The SMILES string of the molecule is O=[N+]([O-])c1ccc(-c2onc3ccccc23)c(-c2ccccc2)c1. The first kappa shape index (κ1) is 14.1. The molecule has 5 nitrogen and oxygen atoms in total. The van der Waals surface area contributed by atoms with Crippen molar-refractivity contribution in [2.75, 3.05) is 0 Å². The monoisotopic (exact) mass is 316 g/mol. The zero-order valence-corrected chi connectivity index (χ0v) is 12.5. The van der Waals surface area contributed by atoms with E-state index in [0.717, 1.165) is 27.6 Å². The molecular formula is C19H12N2O3. The van der Waals surface area contributed by atoms with E-state index in [-0.39, 0.29) is 5.69 Å². The Labute approximate surface area is 137 Å². The lowest BCUT2D eigenvalue weighted by Gasteiger charge is -2.08. The first-order valence-electron chi connectivity index (χ1n) is 7.43. The highest BCUT2D eigenvalue weighted by molar-refractivity contribution is 5.96. The Morgan fingerprint density at radius 1 is 0.875 bits per heavy atom. The maximum atomic E-state index is 11.2. The summed E-state index contributed by atoms with van der Waals surface area (Å²) in [4.78, 5) is 10.8. The standard InChI is InChI=1S/C19H12N2O3/c22-21(23)14-10-11-15(17(12-14)13-6-2-1-3-7-13)19-16-8-4-5-9-18(16)20-24-19/h1-12H. The molecule has 0 aliphatic heterocycles. The predicted molar refractivity (Wildman–Crippen MR) is 91.5 cm³/mol. The van der Waals surface area contributed by atoms with Crippen LogP contribution in [-0.4, -0.2) is 10.1 Å². The quantitative estimate of drug-likeness (QED) is 0.391. The van der Waals surface area contributed by atoms with Crippen LogP contribution in [0.1, 0.15) is 0 Å². The zero-order chi connectivity index (χ0) is 16.5. The molecule has 0 fully saturated rings. The number of nitro groups is 1. The van der Waals surface area contributed by atoms with Crippen LogP contribution >= 0.6 is 0 Å². The molecule has 0 unspecified atom stereocenters. The van der Waals surface area contributed by atoms with Crippen LogP contribution in [-0.2, 0) is 0 Å². The first-order chi connectivity index (χ1) is 11.7. The van der Waals surface area contributed by atoms with Crippen molar-refractivity contribution in [1.82, 2.24) is 5.16 Å². The van der Waals surface area contributed by atoms with E-state index in [9.17, 15) is 10.1 Å². The third-order valence-electron chi connectivity index (χ3n) is 3.93. The molecule has 1 heterocycles. The molecular weight excluding hydrogens is 304 g/mol. The number of aromatic nitrogens is 1. The van der Waals surface area contributed by atoms with Crippen LogP contribution in [0.15, 0.2) is 77.3 Å². The van der Waals surface area contributed by atoms with Gasteiger partial charge in [0.05, 0.1) is 4.92 Å². The van der Waals surface area contributed by atoms with Crippen LogP contribution in [0.4, 0.5) is 5.69 Å². The number of fused-ring (bicyclic) bond motifs is 1. The molecule has 4 rings (SSSR count). The average Bonchev–Trinajstić information content (AvgIpc) is 3.06. The topological polar surface area (TPSA) is 69.2 Å². The van der Waals surface area contributed by atoms with Crippen molar-refractivity contribution in [1.29, 1.82) is 0 Å². The lowest BCUT2D eigenvalue weighted by atomic mass is 9.96. The predicted octanol–water partition coefficient (Wildman–Crippen LogP) is 5.07. The Hall–Kier alpha value is -3.47. The summed E-state index contributed by atoms with van der Waals surface area (Å²) in [6, 6.07) is 21.9. The largest absolute Gasteiger partial charge is 0.355 e. The molecule has 3 aromatic carbocycles.